The number of aromatic amines is 1. The van der Waals surface area contributed by atoms with Gasteiger partial charge in [-0.1, -0.05) is 17.7 Å². The minimum atomic E-state index is -0.307. The molecule has 0 radical (unpaired) electrons. The number of hydrogen-bond acceptors (Lipinski definition) is 3. The molecule has 1 aromatic carbocycles. The minimum absolute atomic E-state index is 0.0290. The fraction of sp³-hybridized carbons (Fsp3) is 0.412. The van der Waals surface area contributed by atoms with E-state index in [1.54, 1.807) is 0 Å². The molecular formula is C17H21N3O3. The van der Waals surface area contributed by atoms with E-state index >= 15 is 0 Å². The Morgan fingerprint density at radius 1 is 1.39 bits per heavy atom. The number of rotatable bonds is 6. The number of aromatic nitrogens is 2. The number of aliphatic hydroxyl groups is 1. The average molecular weight is 315 g/mol. The number of carbonyl (C=O) groups is 1. The van der Waals surface area contributed by atoms with Crippen LogP contribution in [0, 0.1) is 12.8 Å². The molecule has 3 rings (SSSR count). The molecule has 0 aliphatic heterocycles. The summed E-state index contributed by atoms with van der Waals surface area (Å²) in [6, 6.07) is 8.75. The zero-order chi connectivity index (χ0) is 16.4. The number of benzene rings is 1. The summed E-state index contributed by atoms with van der Waals surface area (Å²) >= 11 is 0. The Labute approximate surface area is 134 Å². The van der Waals surface area contributed by atoms with Gasteiger partial charge in [-0.25, -0.2) is 4.68 Å². The molecule has 1 aliphatic rings. The van der Waals surface area contributed by atoms with Crippen LogP contribution in [-0.4, -0.2) is 33.4 Å². The lowest BCUT2D eigenvalue weighted by Gasteiger charge is -2.16. The topological polar surface area (TPSA) is 87.1 Å². The third-order valence-electron chi connectivity index (χ3n) is 4.20. The normalized spacial score (nSPS) is 15.4. The maximum absolute atomic E-state index is 12.3. The molecule has 0 spiro atoms. The molecule has 1 amide bonds. The van der Waals surface area contributed by atoms with Crippen molar-refractivity contribution in [1.82, 2.24) is 15.1 Å². The molecule has 2 aromatic rings. The largest absolute Gasteiger partial charge is 0.396 e. The number of nitrogens with one attached hydrogen (secondary N) is 2. The second-order valence-corrected chi connectivity index (χ2v) is 6.11. The van der Waals surface area contributed by atoms with Crippen LogP contribution < -0.4 is 10.9 Å². The van der Waals surface area contributed by atoms with E-state index in [1.165, 1.54) is 10.7 Å². The van der Waals surface area contributed by atoms with Crippen LogP contribution in [-0.2, 0) is 0 Å². The Balaban J connectivity index is 1.78. The Morgan fingerprint density at radius 2 is 2.09 bits per heavy atom. The number of amides is 1. The van der Waals surface area contributed by atoms with Crippen molar-refractivity contribution in [1.29, 1.82) is 0 Å². The van der Waals surface area contributed by atoms with E-state index in [0.29, 0.717) is 18.0 Å². The molecule has 1 unspecified atom stereocenters. The molecule has 3 N–H and O–H groups in total. The molecule has 1 saturated carbocycles. The zero-order valence-corrected chi connectivity index (χ0v) is 13.1. The van der Waals surface area contributed by atoms with Gasteiger partial charge in [0.25, 0.3) is 11.5 Å². The molecule has 0 bridgehead atoms. The molecule has 1 aliphatic carbocycles. The predicted molar refractivity (Wildman–Crippen MR) is 86.8 cm³/mol. The van der Waals surface area contributed by atoms with Crippen LogP contribution in [0.2, 0.25) is 0 Å². The Kier molecular flexibility index (Phi) is 4.34. The van der Waals surface area contributed by atoms with E-state index in [9.17, 15) is 9.59 Å². The summed E-state index contributed by atoms with van der Waals surface area (Å²) in [6.07, 6.45) is 2.69. The van der Waals surface area contributed by atoms with E-state index in [0.717, 1.165) is 18.4 Å². The minimum Gasteiger partial charge on any atom is -0.396 e. The first-order valence-corrected chi connectivity index (χ1v) is 7.89. The number of hydrogen-bond donors (Lipinski definition) is 3. The first-order chi connectivity index (χ1) is 11.1. The fourth-order valence-corrected chi connectivity index (χ4v) is 2.71. The Bertz CT molecular complexity index is 741. The van der Waals surface area contributed by atoms with Crippen LogP contribution in [0.1, 0.15) is 35.3 Å². The van der Waals surface area contributed by atoms with Gasteiger partial charge in [-0.15, -0.1) is 0 Å². The molecular weight excluding hydrogens is 294 g/mol. The van der Waals surface area contributed by atoms with Gasteiger partial charge in [0, 0.05) is 18.7 Å². The van der Waals surface area contributed by atoms with Crippen LogP contribution in [0.4, 0.5) is 0 Å². The van der Waals surface area contributed by atoms with Crippen molar-refractivity contribution in [3.63, 3.8) is 0 Å². The third-order valence-corrected chi connectivity index (χ3v) is 4.20. The average Bonchev–Trinajstić information content (AvgIpc) is 3.30. The lowest BCUT2D eigenvalue weighted by Crippen LogP contribution is -2.37. The van der Waals surface area contributed by atoms with Gasteiger partial charge in [-0.2, -0.15) is 0 Å². The third kappa shape index (κ3) is 3.53. The number of carbonyl (C=O) groups excluding carboxylic acids is 1. The molecule has 6 nitrogen and oxygen atoms in total. The quantitative estimate of drug-likeness (QED) is 0.752. The van der Waals surface area contributed by atoms with Crippen molar-refractivity contribution in [3.05, 3.63) is 51.9 Å². The van der Waals surface area contributed by atoms with Gasteiger partial charge in [0.15, 0.2) is 0 Å². The predicted octanol–water partition coefficient (Wildman–Crippen LogP) is 1.36. The molecule has 122 valence electrons. The summed E-state index contributed by atoms with van der Waals surface area (Å²) in [5.74, 6) is 0.135. The van der Waals surface area contributed by atoms with Crippen LogP contribution >= 0.6 is 0 Å². The van der Waals surface area contributed by atoms with Crippen LogP contribution in [0.25, 0.3) is 5.69 Å². The first-order valence-electron chi connectivity index (χ1n) is 7.89. The Hall–Kier alpha value is -2.34. The fourth-order valence-electron chi connectivity index (χ4n) is 2.71. The summed E-state index contributed by atoms with van der Waals surface area (Å²) in [5.41, 5.74) is 1.75. The van der Waals surface area contributed by atoms with E-state index in [1.807, 2.05) is 31.2 Å². The molecule has 0 saturated heterocycles. The van der Waals surface area contributed by atoms with Crippen molar-refractivity contribution >= 4 is 5.91 Å². The van der Waals surface area contributed by atoms with Crippen molar-refractivity contribution in [2.24, 2.45) is 5.92 Å². The van der Waals surface area contributed by atoms with Gasteiger partial charge in [0.1, 0.15) is 5.69 Å². The SMILES string of the molecule is Cc1ccc(-n2[nH]c(C(=O)NC(CCO)C3CC3)cc2=O)cc1. The van der Waals surface area contributed by atoms with Gasteiger partial charge in [-0.05, 0) is 44.2 Å². The highest BCUT2D eigenvalue weighted by molar-refractivity contribution is 5.92. The summed E-state index contributed by atoms with van der Waals surface area (Å²) in [7, 11) is 0. The van der Waals surface area contributed by atoms with Gasteiger partial charge >= 0.3 is 0 Å². The highest BCUT2D eigenvalue weighted by Crippen LogP contribution is 2.33. The molecule has 1 aromatic heterocycles. The standard InChI is InChI=1S/C17H21N3O3/c1-11-2-6-13(7-3-11)20-16(22)10-15(19-20)17(23)18-14(8-9-21)12-4-5-12/h2-3,6-7,10,12,14,19,21H,4-5,8-9H2,1H3,(H,18,23). The highest BCUT2D eigenvalue weighted by atomic mass is 16.3. The highest BCUT2D eigenvalue weighted by Gasteiger charge is 2.32. The number of aryl methyl sites for hydroxylation is 1. The Morgan fingerprint density at radius 3 is 2.70 bits per heavy atom. The second-order valence-electron chi connectivity index (χ2n) is 6.11. The smallest absolute Gasteiger partial charge is 0.271 e. The lowest BCUT2D eigenvalue weighted by molar-refractivity contribution is 0.0918. The summed E-state index contributed by atoms with van der Waals surface area (Å²) in [4.78, 5) is 24.4. The van der Waals surface area contributed by atoms with Crippen molar-refractivity contribution < 1.29 is 9.90 Å². The summed E-state index contributed by atoms with van der Waals surface area (Å²) < 4.78 is 1.35. The van der Waals surface area contributed by atoms with Gasteiger partial charge in [0.05, 0.1) is 5.69 Å². The monoisotopic (exact) mass is 315 g/mol. The van der Waals surface area contributed by atoms with Crippen molar-refractivity contribution in [3.8, 4) is 5.69 Å². The summed E-state index contributed by atoms with van der Waals surface area (Å²) in [5, 5.41) is 14.9. The van der Waals surface area contributed by atoms with Crippen molar-refractivity contribution in [2.75, 3.05) is 6.61 Å². The number of nitrogens with zero attached hydrogens (tertiary/aromatic N) is 1. The van der Waals surface area contributed by atoms with Crippen molar-refractivity contribution in [2.45, 2.75) is 32.2 Å². The van der Waals surface area contributed by atoms with Gasteiger partial charge < -0.3 is 10.4 Å². The van der Waals surface area contributed by atoms with Crippen LogP contribution in [0.5, 0.6) is 0 Å². The molecule has 1 atom stereocenters. The van der Waals surface area contributed by atoms with E-state index in [2.05, 4.69) is 10.4 Å². The first kappa shape index (κ1) is 15.6. The van der Waals surface area contributed by atoms with E-state index in [-0.39, 0.29) is 29.8 Å². The second kappa shape index (κ2) is 6.42. The molecule has 23 heavy (non-hydrogen) atoms. The lowest BCUT2D eigenvalue weighted by atomic mass is 10.1. The maximum atomic E-state index is 12.3. The zero-order valence-electron chi connectivity index (χ0n) is 13.1. The molecule has 1 heterocycles. The van der Waals surface area contributed by atoms with Crippen LogP contribution in [0.3, 0.4) is 0 Å². The van der Waals surface area contributed by atoms with E-state index in [4.69, 9.17) is 5.11 Å². The maximum Gasteiger partial charge on any atom is 0.271 e. The van der Waals surface area contributed by atoms with Gasteiger partial charge in [0.2, 0.25) is 0 Å². The van der Waals surface area contributed by atoms with Gasteiger partial charge in [-0.3, -0.25) is 14.7 Å². The summed E-state index contributed by atoms with van der Waals surface area (Å²) in [6.45, 7) is 2.02. The van der Waals surface area contributed by atoms with Crippen LogP contribution in [0.15, 0.2) is 35.1 Å². The van der Waals surface area contributed by atoms with E-state index < -0.39 is 0 Å². The number of aliphatic hydroxyl groups excluding tert-OH is 1. The number of H-pyrrole nitrogens is 1. The molecule has 6 heteroatoms. The molecule has 1 fully saturated rings.